The highest BCUT2D eigenvalue weighted by atomic mass is 16.5. The number of benzene rings is 1. The van der Waals surface area contributed by atoms with Crippen LogP contribution >= 0.6 is 0 Å². The number of aromatic nitrogens is 1. The Bertz CT molecular complexity index is 790. The molecule has 1 aromatic heterocycles. The van der Waals surface area contributed by atoms with Gasteiger partial charge in [-0.1, -0.05) is 29.8 Å². The molecule has 4 aliphatic rings. The predicted octanol–water partition coefficient (Wildman–Crippen LogP) is 3.68. The van der Waals surface area contributed by atoms with Gasteiger partial charge in [-0.25, -0.2) is 0 Å². The van der Waals surface area contributed by atoms with Crippen molar-refractivity contribution in [3.8, 4) is 0 Å². The molecule has 0 saturated carbocycles. The molecule has 2 saturated heterocycles. The molecule has 4 atom stereocenters. The molecule has 4 heterocycles. The number of rotatable bonds is 0. The molecule has 2 fully saturated rings. The van der Waals surface area contributed by atoms with E-state index in [2.05, 4.69) is 54.2 Å². The van der Waals surface area contributed by atoms with Gasteiger partial charge >= 0.3 is 0 Å². The van der Waals surface area contributed by atoms with Crippen LogP contribution in [0.1, 0.15) is 30.7 Å². The van der Waals surface area contributed by atoms with E-state index in [1.807, 2.05) is 0 Å². The first kappa shape index (κ1) is 13.8. The highest BCUT2D eigenvalue weighted by molar-refractivity contribution is 5.85. The first-order valence-electron chi connectivity index (χ1n) is 8.82. The van der Waals surface area contributed by atoms with Crippen LogP contribution in [0.15, 0.2) is 35.9 Å². The molecule has 0 spiro atoms. The molecule has 3 nitrogen and oxygen atoms in total. The standard InChI is InChI=1S/C20H24N2O/c1-3-12-10-22(2)18-8-15-13-6-4-5-7-17(13)21-20(15)19-9-14(12)16(18)11-23-19/h3-7,14,16,18-19,21H,8-11H2,1-2H3/b12-3-/t14-,16-,18-,19+/m0/s1. The number of aromatic amines is 1. The molecule has 0 radical (unpaired) electrons. The van der Waals surface area contributed by atoms with Crippen LogP contribution in [-0.2, 0) is 11.2 Å². The lowest BCUT2D eigenvalue weighted by Gasteiger charge is -2.51. The lowest BCUT2D eigenvalue weighted by molar-refractivity contribution is -0.0833. The Kier molecular flexibility index (Phi) is 2.98. The summed E-state index contributed by atoms with van der Waals surface area (Å²) in [6.07, 6.45) is 4.86. The molecule has 3 aliphatic heterocycles. The third-order valence-electron chi connectivity index (χ3n) is 6.40. The Morgan fingerprint density at radius 3 is 3.04 bits per heavy atom. The van der Waals surface area contributed by atoms with Gasteiger partial charge in [0.2, 0.25) is 0 Å². The summed E-state index contributed by atoms with van der Waals surface area (Å²) in [5.41, 5.74) is 5.70. The van der Waals surface area contributed by atoms with Gasteiger partial charge in [0.1, 0.15) is 0 Å². The molecule has 4 bridgehead atoms. The second-order valence-electron chi connectivity index (χ2n) is 7.44. The van der Waals surface area contributed by atoms with Gasteiger partial charge < -0.3 is 9.72 Å². The van der Waals surface area contributed by atoms with E-state index >= 15 is 0 Å². The van der Waals surface area contributed by atoms with Crippen LogP contribution in [0.5, 0.6) is 0 Å². The minimum absolute atomic E-state index is 0.234. The van der Waals surface area contributed by atoms with Crippen LogP contribution in [0, 0.1) is 11.8 Å². The summed E-state index contributed by atoms with van der Waals surface area (Å²) in [7, 11) is 2.28. The number of hydrogen-bond donors (Lipinski definition) is 1. The van der Waals surface area contributed by atoms with Crippen molar-refractivity contribution in [1.82, 2.24) is 9.88 Å². The van der Waals surface area contributed by atoms with E-state index in [9.17, 15) is 0 Å². The average molecular weight is 308 g/mol. The molecule has 3 heteroatoms. The Morgan fingerprint density at radius 1 is 1.30 bits per heavy atom. The van der Waals surface area contributed by atoms with Gasteiger partial charge in [-0.3, -0.25) is 4.90 Å². The van der Waals surface area contributed by atoms with E-state index in [-0.39, 0.29) is 6.10 Å². The molecule has 23 heavy (non-hydrogen) atoms. The van der Waals surface area contributed by atoms with Crippen LogP contribution in [0.4, 0.5) is 0 Å². The Hall–Kier alpha value is -1.58. The number of hydrogen-bond acceptors (Lipinski definition) is 2. The van der Waals surface area contributed by atoms with Crippen molar-refractivity contribution in [2.45, 2.75) is 31.9 Å². The Morgan fingerprint density at radius 2 is 2.17 bits per heavy atom. The van der Waals surface area contributed by atoms with Gasteiger partial charge in [-0.05, 0) is 44.4 Å². The van der Waals surface area contributed by atoms with Gasteiger partial charge in [0.15, 0.2) is 0 Å². The van der Waals surface area contributed by atoms with Crippen molar-refractivity contribution in [2.24, 2.45) is 11.8 Å². The molecule has 120 valence electrons. The monoisotopic (exact) mass is 308 g/mol. The number of piperidine rings is 1. The summed E-state index contributed by atoms with van der Waals surface area (Å²) in [5.74, 6) is 1.33. The van der Waals surface area contributed by atoms with E-state index < -0.39 is 0 Å². The molecule has 0 unspecified atom stereocenters. The molecule has 1 N–H and O–H groups in total. The summed E-state index contributed by atoms with van der Waals surface area (Å²) < 4.78 is 6.33. The van der Waals surface area contributed by atoms with E-state index in [0.29, 0.717) is 17.9 Å². The fraction of sp³-hybridized carbons (Fsp3) is 0.500. The maximum absolute atomic E-state index is 6.33. The third kappa shape index (κ3) is 1.90. The minimum atomic E-state index is 0.234. The number of H-pyrrole nitrogens is 1. The molecular weight excluding hydrogens is 284 g/mol. The van der Waals surface area contributed by atoms with Gasteiger partial charge in [0, 0.05) is 35.1 Å². The van der Waals surface area contributed by atoms with Gasteiger partial charge in [0.05, 0.1) is 12.7 Å². The fourth-order valence-electron chi connectivity index (χ4n) is 5.21. The van der Waals surface area contributed by atoms with Crippen LogP contribution in [0.3, 0.4) is 0 Å². The summed E-state index contributed by atoms with van der Waals surface area (Å²) in [6.45, 7) is 4.22. The highest BCUT2D eigenvalue weighted by Gasteiger charge is 2.46. The van der Waals surface area contributed by atoms with Crippen LogP contribution < -0.4 is 0 Å². The number of ether oxygens (including phenoxy) is 1. The van der Waals surface area contributed by atoms with Crippen molar-refractivity contribution in [3.05, 3.63) is 47.2 Å². The lowest BCUT2D eigenvalue weighted by Crippen LogP contribution is -2.54. The smallest absolute Gasteiger partial charge is 0.0981 e. The van der Waals surface area contributed by atoms with Gasteiger partial charge in [-0.2, -0.15) is 0 Å². The molecule has 2 aromatic rings. The maximum Gasteiger partial charge on any atom is 0.0981 e. The number of nitrogens with one attached hydrogen (secondary N) is 1. The van der Waals surface area contributed by atoms with E-state index in [0.717, 1.165) is 26.0 Å². The zero-order chi connectivity index (χ0) is 15.6. The normalized spacial score (nSPS) is 35.3. The Balaban J connectivity index is 1.71. The van der Waals surface area contributed by atoms with Crippen LogP contribution in [0.2, 0.25) is 0 Å². The van der Waals surface area contributed by atoms with Crippen molar-refractivity contribution >= 4 is 10.9 Å². The van der Waals surface area contributed by atoms with Gasteiger partial charge in [-0.15, -0.1) is 0 Å². The third-order valence-corrected chi connectivity index (χ3v) is 6.40. The minimum Gasteiger partial charge on any atom is -0.372 e. The highest BCUT2D eigenvalue weighted by Crippen LogP contribution is 2.48. The maximum atomic E-state index is 6.33. The molecule has 1 aliphatic carbocycles. The van der Waals surface area contributed by atoms with Crippen molar-refractivity contribution in [1.29, 1.82) is 0 Å². The summed E-state index contributed by atoms with van der Waals surface area (Å²) in [4.78, 5) is 6.24. The SMILES string of the molecule is C/C=C1/CN(C)[C@H]2Cc3c([nH]c4ccccc34)[C@H]3C[C@@H]1[C@@H]2CO3. The first-order chi connectivity index (χ1) is 11.3. The van der Waals surface area contributed by atoms with Crippen molar-refractivity contribution in [3.63, 3.8) is 0 Å². The van der Waals surface area contributed by atoms with E-state index in [1.54, 1.807) is 5.57 Å². The second-order valence-corrected chi connectivity index (χ2v) is 7.44. The number of likely N-dealkylation sites (tertiary alicyclic amines) is 1. The van der Waals surface area contributed by atoms with E-state index in [4.69, 9.17) is 4.74 Å². The van der Waals surface area contributed by atoms with Crippen LogP contribution in [0.25, 0.3) is 10.9 Å². The molecular formula is C20H24N2O. The van der Waals surface area contributed by atoms with Gasteiger partial charge in [0.25, 0.3) is 0 Å². The molecule has 0 amide bonds. The first-order valence-corrected chi connectivity index (χ1v) is 8.82. The molecule has 1 aromatic carbocycles. The number of para-hydroxylation sites is 1. The largest absolute Gasteiger partial charge is 0.372 e. The molecule has 6 rings (SSSR count). The van der Waals surface area contributed by atoms with E-state index in [1.165, 1.54) is 22.2 Å². The second kappa shape index (κ2) is 4.96. The topological polar surface area (TPSA) is 28.3 Å². The zero-order valence-corrected chi connectivity index (χ0v) is 13.9. The number of nitrogens with zero attached hydrogens (tertiary/aromatic N) is 1. The van der Waals surface area contributed by atoms with Crippen LogP contribution in [-0.4, -0.2) is 36.1 Å². The van der Waals surface area contributed by atoms with Crippen molar-refractivity contribution < 1.29 is 4.74 Å². The quantitative estimate of drug-likeness (QED) is 0.752. The summed E-state index contributed by atoms with van der Waals surface area (Å²) in [6, 6.07) is 9.31. The lowest BCUT2D eigenvalue weighted by atomic mass is 9.69. The zero-order valence-electron chi connectivity index (χ0n) is 13.9. The number of allylic oxidation sites excluding steroid dienone is 1. The summed E-state index contributed by atoms with van der Waals surface area (Å²) >= 11 is 0. The fourth-order valence-corrected chi connectivity index (χ4v) is 5.21. The average Bonchev–Trinajstić information content (AvgIpc) is 2.92. The predicted molar refractivity (Wildman–Crippen MR) is 92.5 cm³/mol. The number of likely N-dealkylation sites (N-methyl/N-ethyl adjacent to an activating group) is 1. The summed E-state index contributed by atoms with van der Waals surface area (Å²) in [5, 5.41) is 1.39. The number of fused-ring (bicyclic) bond motifs is 2. The Labute approximate surface area is 137 Å². The van der Waals surface area contributed by atoms with Crippen molar-refractivity contribution in [2.75, 3.05) is 20.2 Å².